The molecule has 1 heterocycles. The van der Waals surface area contributed by atoms with Gasteiger partial charge in [0.05, 0.1) is 11.0 Å². The van der Waals surface area contributed by atoms with Crippen LogP contribution in [0.3, 0.4) is 0 Å². The average Bonchev–Trinajstić information content (AvgIpc) is 2.93. The molecule has 0 spiro atoms. The minimum absolute atomic E-state index is 0.171. The van der Waals surface area contributed by atoms with Crippen LogP contribution in [0, 0.1) is 11.6 Å². The fourth-order valence-corrected chi connectivity index (χ4v) is 3.06. The molecule has 0 radical (unpaired) electrons. The van der Waals surface area contributed by atoms with E-state index in [1.54, 1.807) is 30.5 Å². The van der Waals surface area contributed by atoms with Gasteiger partial charge >= 0.3 is 0 Å². The quantitative estimate of drug-likeness (QED) is 0.512. The first-order valence-electron chi connectivity index (χ1n) is 7.42. The molecule has 0 aliphatic carbocycles. The molecular formula is C17H12BrClF2N4S. The second kappa shape index (κ2) is 8.11. The molecule has 0 saturated heterocycles. The third-order valence-corrected chi connectivity index (χ3v) is 4.57. The normalized spacial score (nSPS) is 10.6. The van der Waals surface area contributed by atoms with E-state index in [9.17, 15) is 8.78 Å². The molecule has 2 aromatic carbocycles. The fourth-order valence-electron chi connectivity index (χ4n) is 2.21. The van der Waals surface area contributed by atoms with E-state index in [0.717, 1.165) is 0 Å². The van der Waals surface area contributed by atoms with Crippen molar-refractivity contribution in [2.24, 2.45) is 0 Å². The minimum Gasteiger partial charge on any atom is -0.332 e. The van der Waals surface area contributed by atoms with Crippen molar-refractivity contribution in [2.45, 2.75) is 6.54 Å². The molecule has 0 amide bonds. The molecule has 3 aromatic rings. The summed E-state index contributed by atoms with van der Waals surface area (Å²) in [6.45, 7) is 0.171. The Morgan fingerprint density at radius 3 is 2.58 bits per heavy atom. The van der Waals surface area contributed by atoms with Crippen molar-refractivity contribution < 1.29 is 8.78 Å². The summed E-state index contributed by atoms with van der Waals surface area (Å²) in [5, 5.41) is 10.8. The first-order valence-corrected chi connectivity index (χ1v) is 8.99. The number of nitrogens with one attached hydrogen (secondary N) is 2. The highest BCUT2D eigenvalue weighted by atomic mass is 79.9. The first-order chi connectivity index (χ1) is 12.4. The van der Waals surface area contributed by atoms with Crippen molar-refractivity contribution in [3.8, 4) is 0 Å². The van der Waals surface area contributed by atoms with Crippen molar-refractivity contribution in [1.29, 1.82) is 0 Å². The fraction of sp³-hybridized carbons (Fsp3) is 0.0588. The molecule has 9 heteroatoms. The lowest BCUT2D eigenvalue weighted by molar-refractivity contribution is 0.586. The summed E-state index contributed by atoms with van der Waals surface area (Å²) >= 11 is 14.7. The van der Waals surface area contributed by atoms with E-state index in [4.69, 9.17) is 23.8 Å². The maximum absolute atomic E-state index is 13.9. The molecule has 2 N–H and O–H groups in total. The van der Waals surface area contributed by atoms with Gasteiger partial charge in [0.25, 0.3) is 0 Å². The van der Waals surface area contributed by atoms with Crippen LogP contribution in [0.25, 0.3) is 0 Å². The van der Waals surface area contributed by atoms with E-state index < -0.39 is 5.82 Å². The van der Waals surface area contributed by atoms with Gasteiger partial charge in [-0.25, -0.2) is 8.78 Å². The largest absolute Gasteiger partial charge is 0.332 e. The summed E-state index contributed by atoms with van der Waals surface area (Å²) in [4.78, 5) is 0. The molecule has 3 rings (SSSR count). The van der Waals surface area contributed by atoms with Crippen molar-refractivity contribution >= 4 is 56.4 Å². The molecule has 0 aliphatic rings. The molecule has 26 heavy (non-hydrogen) atoms. The zero-order valence-corrected chi connectivity index (χ0v) is 16.3. The SMILES string of the molecule is Fc1ccc(NC(=S)Nc2nn(Cc3c(F)cccc3Cl)cc2Br)cc1. The van der Waals surface area contributed by atoms with Crippen LogP contribution < -0.4 is 10.6 Å². The summed E-state index contributed by atoms with van der Waals surface area (Å²) in [6, 6.07) is 10.3. The van der Waals surface area contributed by atoms with E-state index in [1.807, 2.05) is 0 Å². The lowest BCUT2D eigenvalue weighted by Crippen LogP contribution is -2.19. The zero-order chi connectivity index (χ0) is 18.7. The van der Waals surface area contributed by atoms with Crippen molar-refractivity contribution in [3.05, 3.63) is 75.4 Å². The number of hydrogen-bond donors (Lipinski definition) is 2. The van der Waals surface area contributed by atoms with Crippen LogP contribution in [0.4, 0.5) is 20.3 Å². The number of aromatic nitrogens is 2. The van der Waals surface area contributed by atoms with Gasteiger partial charge in [-0.05, 0) is 64.5 Å². The van der Waals surface area contributed by atoms with Crippen LogP contribution in [0.2, 0.25) is 5.02 Å². The van der Waals surface area contributed by atoms with Gasteiger partial charge < -0.3 is 10.6 Å². The Morgan fingerprint density at radius 1 is 1.15 bits per heavy atom. The lowest BCUT2D eigenvalue weighted by atomic mass is 10.2. The lowest BCUT2D eigenvalue weighted by Gasteiger charge is -2.09. The van der Waals surface area contributed by atoms with Crippen LogP contribution in [0.1, 0.15) is 5.56 Å². The summed E-state index contributed by atoms with van der Waals surface area (Å²) in [6.07, 6.45) is 1.69. The Hall–Kier alpha value is -2.03. The van der Waals surface area contributed by atoms with Gasteiger partial charge in [-0.15, -0.1) is 0 Å². The van der Waals surface area contributed by atoms with Crippen LogP contribution in [0.5, 0.6) is 0 Å². The molecule has 0 atom stereocenters. The van der Waals surface area contributed by atoms with E-state index in [0.29, 0.717) is 26.6 Å². The summed E-state index contributed by atoms with van der Waals surface area (Å²) in [5.41, 5.74) is 0.986. The Kier molecular flexibility index (Phi) is 5.85. The zero-order valence-electron chi connectivity index (χ0n) is 13.1. The maximum Gasteiger partial charge on any atom is 0.176 e. The summed E-state index contributed by atoms with van der Waals surface area (Å²) in [7, 11) is 0. The number of rotatable bonds is 4. The van der Waals surface area contributed by atoms with Crippen LogP contribution in [0.15, 0.2) is 53.1 Å². The number of thiocarbonyl (C=S) groups is 1. The van der Waals surface area contributed by atoms with Crippen molar-refractivity contribution in [3.63, 3.8) is 0 Å². The topological polar surface area (TPSA) is 41.9 Å². The van der Waals surface area contributed by atoms with E-state index in [1.165, 1.54) is 22.9 Å². The van der Waals surface area contributed by atoms with Gasteiger partial charge in [0.1, 0.15) is 11.6 Å². The number of nitrogens with zero attached hydrogens (tertiary/aromatic N) is 2. The summed E-state index contributed by atoms with van der Waals surface area (Å²) < 4.78 is 29.0. The number of halogens is 4. The second-order valence-electron chi connectivity index (χ2n) is 5.31. The molecule has 0 unspecified atom stereocenters. The Balaban J connectivity index is 1.70. The Labute approximate surface area is 167 Å². The molecular weight excluding hydrogens is 446 g/mol. The predicted molar refractivity (Wildman–Crippen MR) is 107 cm³/mol. The maximum atomic E-state index is 13.9. The number of benzene rings is 2. The Morgan fingerprint density at radius 2 is 1.88 bits per heavy atom. The highest BCUT2D eigenvalue weighted by molar-refractivity contribution is 9.10. The molecule has 0 fully saturated rings. The Bertz CT molecular complexity index is 926. The monoisotopic (exact) mass is 456 g/mol. The standard InChI is InChI=1S/C17H12BrClF2N4S/c18-13-9-25(8-12-14(19)2-1-3-15(12)21)24-16(13)23-17(26)22-11-6-4-10(20)5-7-11/h1-7,9H,8H2,(H2,22,23,24,26). The highest BCUT2D eigenvalue weighted by Crippen LogP contribution is 2.24. The molecule has 1 aromatic heterocycles. The molecule has 4 nitrogen and oxygen atoms in total. The van der Waals surface area contributed by atoms with Gasteiger partial charge in [0, 0.05) is 22.5 Å². The van der Waals surface area contributed by atoms with E-state index in [-0.39, 0.29) is 17.5 Å². The molecule has 0 saturated carbocycles. The molecule has 134 valence electrons. The van der Waals surface area contributed by atoms with Crippen molar-refractivity contribution in [1.82, 2.24) is 9.78 Å². The predicted octanol–water partition coefficient (Wildman–Crippen LogP) is 5.43. The second-order valence-corrected chi connectivity index (χ2v) is 6.98. The number of hydrogen-bond acceptors (Lipinski definition) is 2. The van der Waals surface area contributed by atoms with Gasteiger partial charge in [-0.1, -0.05) is 17.7 Å². The highest BCUT2D eigenvalue weighted by Gasteiger charge is 2.12. The first kappa shape index (κ1) is 18.8. The van der Waals surface area contributed by atoms with Crippen LogP contribution >= 0.6 is 39.7 Å². The average molecular weight is 458 g/mol. The van der Waals surface area contributed by atoms with Crippen LogP contribution in [-0.4, -0.2) is 14.9 Å². The smallest absolute Gasteiger partial charge is 0.176 e. The van der Waals surface area contributed by atoms with Gasteiger partial charge in [-0.3, -0.25) is 4.68 Å². The van der Waals surface area contributed by atoms with Crippen LogP contribution in [-0.2, 0) is 6.54 Å². The van der Waals surface area contributed by atoms with Gasteiger partial charge in [-0.2, -0.15) is 5.10 Å². The third-order valence-electron chi connectivity index (χ3n) is 3.43. The van der Waals surface area contributed by atoms with Gasteiger partial charge in [0.2, 0.25) is 0 Å². The minimum atomic E-state index is -0.396. The molecule has 0 aliphatic heterocycles. The third kappa shape index (κ3) is 4.57. The van der Waals surface area contributed by atoms with Gasteiger partial charge in [0.15, 0.2) is 10.9 Å². The van der Waals surface area contributed by atoms with E-state index >= 15 is 0 Å². The van der Waals surface area contributed by atoms with Crippen molar-refractivity contribution in [2.75, 3.05) is 10.6 Å². The molecule has 0 bridgehead atoms. The summed E-state index contributed by atoms with van der Waals surface area (Å²) in [5.74, 6) is -0.271. The van der Waals surface area contributed by atoms with E-state index in [2.05, 4.69) is 31.7 Å². The number of anilines is 2.